The van der Waals surface area contributed by atoms with Crippen LogP contribution in [0.1, 0.15) is 11.1 Å². The number of carbonyl (C=O) groups is 1. The van der Waals surface area contributed by atoms with Crippen molar-refractivity contribution in [3.63, 3.8) is 0 Å². The van der Waals surface area contributed by atoms with Crippen molar-refractivity contribution in [2.75, 3.05) is 5.32 Å². The van der Waals surface area contributed by atoms with Crippen LogP contribution in [0.4, 0.5) is 5.69 Å². The number of nitriles is 1. The number of aromatic nitrogens is 2. The second-order valence-electron chi connectivity index (χ2n) is 7.08. The molecule has 0 aliphatic carbocycles. The molecule has 8 heteroatoms. The van der Waals surface area contributed by atoms with E-state index in [2.05, 4.69) is 10.3 Å². The summed E-state index contributed by atoms with van der Waals surface area (Å²) >= 11 is 6.09. The average Bonchev–Trinajstić information content (AvgIpc) is 2.82. The molecule has 2 aromatic carbocycles. The quantitative estimate of drug-likeness (QED) is 0.337. The van der Waals surface area contributed by atoms with Crippen LogP contribution in [0.5, 0.6) is 11.6 Å². The van der Waals surface area contributed by atoms with Crippen molar-refractivity contribution in [2.24, 2.45) is 0 Å². The summed E-state index contributed by atoms with van der Waals surface area (Å²) in [6, 6.07) is 20.8. The van der Waals surface area contributed by atoms with Crippen LogP contribution in [0, 0.1) is 18.3 Å². The lowest BCUT2D eigenvalue weighted by atomic mass is 10.1. The van der Waals surface area contributed by atoms with Crippen molar-refractivity contribution >= 4 is 34.9 Å². The van der Waals surface area contributed by atoms with E-state index in [1.165, 1.54) is 10.5 Å². The van der Waals surface area contributed by atoms with Gasteiger partial charge in [0, 0.05) is 6.20 Å². The zero-order valence-corrected chi connectivity index (χ0v) is 18.2. The van der Waals surface area contributed by atoms with Crippen LogP contribution in [-0.2, 0) is 4.79 Å². The number of halogens is 1. The van der Waals surface area contributed by atoms with Crippen LogP contribution in [0.25, 0.3) is 11.7 Å². The molecule has 0 fully saturated rings. The van der Waals surface area contributed by atoms with Crippen LogP contribution >= 0.6 is 11.6 Å². The lowest BCUT2D eigenvalue weighted by Crippen LogP contribution is -2.20. The number of amides is 1. The van der Waals surface area contributed by atoms with Gasteiger partial charge in [0.15, 0.2) is 0 Å². The van der Waals surface area contributed by atoms with E-state index in [4.69, 9.17) is 16.3 Å². The zero-order chi connectivity index (χ0) is 23.4. The first-order valence-electron chi connectivity index (χ1n) is 9.90. The number of ether oxygens (including phenoxy) is 1. The summed E-state index contributed by atoms with van der Waals surface area (Å²) in [5, 5.41) is 12.5. The average molecular weight is 457 g/mol. The Labute approximate surface area is 194 Å². The molecule has 0 radical (unpaired) electrons. The van der Waals surface area contributed by atoms with Gasteiger partial charge in [-0.05, 0) is 49.4 Å². The van der Waals surface area contributed by atoms with Crippen LogP contribution in [0.3, 0.4) is 0 Å². The molecule has 0 saturated heterocycles. The second kappa shape index (κ2) is 9.39. The summed E-state index contributed by atoms with van der Waals surface area (Å²) < 4.78 is 7.20. The fraction of sp³-hybridized carbons (Fsp3) is 0.0400. The standard InChI is InChI=1S/C25H17ClN4O3/c1-16-9-11-18(12-10-16)33-24-19(25(32)30-13-5-4-8-22(30)29-24)14-17(15-27)23(31)28-21-7-3-2-6-20(21)26/h2-14H,1H3,(H,28,31). The molecule has 2 heterocycles. The van der Waals surface area contributed by atoms with Crippen molar-refractivity contribution < 1.29 is 9.53 Å². The van der Waals surface area contributed by atoms with Gasteiger partial charge >= 0.3 is 0 Å². The van der Waals surface area contributed by atoms with Crippen LogP contribution in [-0.4, -0.2) is 15.3 Å². The number of hydrogen-bond donors (Lipinski definition) is 1. The van der Waals surface area contributed by atoms with Crippen LogP contribution in [0.15, 0.2) is 83.3 Å². The normalized spacial score (nSPS) is 11.1. The predicted octanol–water partition coefficient (Wildman–Crippen LogP) is 4.99. The maximum absolute atomic E-state index is 13.2. The molecule has 7 nitrogen and oxygen atoms in total. The summed E-state index contributed by atoms with van der Waals surface area (Å²) in [5.74, 6) is -0.278. The highest BCUT2D eigenvalue weighted by atomic mass is 35.5. The molecule has 162 valence electrons. The van der Waals surface area contributed by atoms with Crippen molar-refractivity contribution in [1.29, 1.82) is 5.26 Å². The molecule has 33 heavy (non-hydrogen) atoms. The van der Waals surface area contributed by atoms with Crippen molar-refractivity contribution in [3.05, 3.63) is 105 Å². The Bertz CT molecular complexity index is 1480. The first kappa shape index (κ1) is 21.8. The number of benzene rings is 2. The molecular formula is C25H17ClN4O3. The van der Waals surface area contributed by atoms with Gasteiger partial charge in [0.2, 0.25) is 5.88 Å². The number of fused-ring (bicyclic) bond motifs is 1. The fourth-order valence-corrected chi connectivity index (χ4v) is 3.23. The first-order chi connectivity index (χ1) is 16.0. The number of para-hydroxylation sites is 1. The van der Waals surface area contributed by atoms with Gasteiger partial charge in [-0.2, -0.15) is 10.2 Å². The lowest BCUT2D eigenvalue weighted by molar-refractivity contribution is -0.112. The van der Waals surface area contributed by atoms with Crippen LogP contribution in [0.2, 0.25) is 5.02 Å². The van der Waals surface area contributed by atoms with Crippen molar-refractivity contribution in [1.82, 2.24) is 9.38 Å². The van der Waals surface area contributed by atoms with Gasteiger partial charge in [0.25, 0.3) is 11.5 Å². The van der Waals surface area contributed by atoms with E-state index in [0.29, 0.717) is 22.1 Å². The zero-order valence-electron chi connectivity index (χ0n) is 17.4. The Hall–Kier alpha value is -4.41. The SMILES string of the molecule is Cc1ccc(Oc2nc3ccccn3c(=O)c2C=C(C#N)C(=O)Nc2ccccc2Cl)cc1. The largest absolute Gasteiger partial charge is 0.438 e. The maximum atomic E-state index is 13.2. The van der Waals surface area contributed by atoms with Gasteiger partial charge in [0.1, 0.15) is 28.6 Å². The first-order valence-corrected chi connectivity index (χ1v) is 10.3. The third kappa shape index (κ3) is 4.76. The molecule has 0 aliphatic rings. The molecule has 0 aliphatic heterocycles. The highest BCUT2D eigenvalue weighted by Crippen LogP contribution is 2.25. The van der Waals surface area contributed by atoms with Gasteiger partial charge in [-0.15, -0.1) is 0 Å². The van der Waals surface area contributed by atoms with E-state index in [0.717, 1.165) is 5.56 Å². The third-order valence-corrected chi connectivity index (χ3v) is 5.07. The summed E-state index contributed by atoms with van der Waals surface area (Å²) in [7, 11) is 0. The Morgan fingerprint density at radius 2 is 1.85 bits per heavy atom. The summed E-state index contributed by atoms with van der Waals surface area (Å²) in [4.78, 5) is 30.4. The number of rotatable bonds is 5. The van der Waals surface area contributed by atoms with Gasteiger partial charge in [-0.3, -0.25) is 14.0 Å². The lowest BCUT2D eigenvalue weighted by Gasteiger charge is -2.11. The Morgan fingerprint density at radius 3 is 2.58 bits per heavy atom. The topological polar surface area (TPSA) is 96.5 Å². The molecule has 4 aromatic rings. The van der Waals surface area contributed by atoms with Gasteiger partial charge in [0.05, 0.1) is 10.7 Å². The molecule has 0 atom stereocenters. The minimum absolute atomic E-state index is 0.0200. The van der Waals surface area contributed by atoms with E-state index < -0.39 is 11.5 Å². The van der Waals surface area contributed by atoms with Crippen molar-refractivity contribution in [3.8, 4) is 17.7 Å². The van der Waals surface area contributed by atoms with Crippen molar-refractivity contribution in [2.45, 2.75) is 6.92 Å². The molecule has 0 spiro atoms. The Kier molecular flexibility index (Phi) is 6.20. The van der Waals surface area contributed by atoms with Crippen LogP contribution < -0.4 is 15.6 Å². The highest BCUT2D eigenvalue weighted by Gasteiger charge is 2.18. The van der Waals surface area contributed by atoms with E-state index in [1.54, 1.807) is 60.8 Å². The van der Waals surface area contributed by atoms with Gasteiger partial charge in [-0.1, -0.05) is 47.5 Å². The number of anilines is 1. The molecule has 4 rings (SSSR count). The van der Waals surface area contributed by atoms with E-state index >= 15 is 0 Å². The monoisotopic (exact) mass is 456 g/mol. The third-order valence-electron chi connectivity index (χ3n) is 4.75. The predicted molar refractivity (Wildman–Crippen MR) is 126 cm³/mol. The summed E-state index contributed by atoms with van der Waals surface area (Å²) in [5.41, 5.74) is 0.914. The summed E-state index contributed by atoms with van der Waals surface area (Å²) in [6.07, 6.45) is 2.72. The molecule has 0 bridgehead atoms. The molecule has 1 amide bonds. The Morgan fingerprint density at radius 1 is 1.12 bits per heavy atom. The molecular weight excluding hydrogens is 440 g/mol. The van der Waals surface area contributed by atoms with Gasteiger partial charge < -0.3 is 10.1 Å². The molecule has 2 aromatic heterocycles. The van der Waals surface area contributed by atoms with Gasteiger partial charge in [-0.25, -0.2) is 0 Å². The van der Waals surface area contributed by atoms with E-state index in [9.17, 15) is 14.9 Å². The second-order valence-corrected chi connectivity index (χ2v) is 7.49. The number of hydrogen-bond acceptors (Lipinski definition) is 5. The number of carbonyl (C=O) groups excluding carboxylic acids is 1. The van der Waals surface area contributed by atoms with E-state index in [-0.39, 0.29) is 17.0 Å². The number of aryl methyl sites for hydroxylation is 1. The fourth-order valence-electron chi connectivity index (χ4n) is 3.05. The maximum Gasteiger partial charge on any atom is 0.269 e. The smallest absolute Gasteiger partial charge is 0.269 e. The van der Waals surface area contributed by atoms with E-state index in [1.807, 2.05) is 25.1 Å². The minimum Gasteiger partial charge on any atom is -0.438 e. The number of pyridine rings is 1. The molecule has 0 saturated carbocycles. The summed E-state index contributed by atoms with van der Waals surface area (Å²) in [6.45, 7) is 1.94. The molecule has 1 N–H and O–H groups in total. The highest BCUT2D eigenvalue weighted by molar-refractivity contribution is 6.34. The molecule has 0 unspecified atom stereocenters. The minimum atomic E-state index is -0.718. The Balaban J connectivity index is 1.81. The number of nitrogens with one attached hydrogen (secondary N) is 1. The number of nitrogens with zero attached hydrogens (tertiary/aromatic N) is 3.